The Morgan fingerprint density at radius 3 is 2.62 bits per heavy atom. The maximum atomic E-state index is 12.0. The first kappa shape index (κ1) is 15.8. The number of hydrogen-bond donors (Lipinski definition) is 2. The van der Waals surface area contributed by atoms with Crippen LogP contribution in [0.15, 0.2) is 42.5 Å². The Bertz CT molecular complexity index is 557. The lowest BCUT2D eigenvalue weighted by Gasteiger charge is -2.17. The van der Waals surface area contributed by atoms with Crippen molar-refractivity contribution in [2.45, 2.75) is 25.3 Å². The molecule has 2 rings (SSSR count). The summed E-state index contributed by atoms with van der Waals surface area (Å²) in [6.45, 7) is -0.254. The van der Waals surface area contributed by atoms with Gasteiger partial charge < -0.3 is 4.74 Å². The van der Waals surface area contributed by atoms with Crippen molar-refractivity contribution in [3.63, 3.8) is 0 Å². The van der Waals surface area contributed by atoms with E-state index in [1.165, 1.54) is 16.3 Å². The van der Waals surface area contributed by atoms with E-state index in [0.717, 1.165) is 6.42 Å². The molecule has 5 heteroatoms. The van der Waals surface area contributed by atoms with Crippen molar-refractivity contribution >= 4 is 10.8 Å². The van der Waals surface area contributed by atoms with E-state index >= 15 is 0 Å². The highest BCUT2D eigenvalue weighted by Gasteiger charge is 2.11. The van der Waals surface area contributed by atoms with Gasteiger partial charge in [-0.15, -0.1) is 0 Å². The zero-order chi connectivity index (χ0) is 15.1. The zero-order valence-electron chi connectivity index (χ0n) is 11.8. The number of benzene rings is 2. The molecule has 0 aromatic heterocycles. The van der Waals surface area contributed by atoms with Gasteiger partial charge in [-0.1, -0.05) is 42.5 Å². The Morgan fingerprint density at radius 1 is 1.10 bits per heavy atom. The molecule has 0 radical (unpaired) electrons. The minimum atomic E-state index is -2.42. The molecule has 0 saturated heterocycles. The van der Waals surface area contributed by atoms with Gasteiger partial charge >= 0.3 is 0 Å². The molecule has 2 aromatic carbocycles. The predicted octanol–water partition coefficient (Wildman–Crippen LogP) is 2.89. The minimum absolute atomic E-state index is 0.00604. The van der Waals surface area contributed by atoms with Crippen molar-refractivity contribution in [2.75, 3.05) is 13.2 Å². The van der Waals surface area contributed by atoms with E-state index in [1.807, 2.05) is 18.2 Å². The summed E-state index contributed by atoms with van der Waals surface area (Å²) in [5.74, 6) is 5.55. The standard InChI is InChI=1S/C16H20F2N2O/c17-16(18)11-21-9-8-14(20-19)10-13-6-3-5-12-4-1-2-7-15(12)13/h1-7,14,16,20H,8-11,19H2. The topological polar surface area (TPSA) is 47.3 Å². The van der Waals surface area contributed by atoms with Crippen molar-refractivity contribution in [3.05, 3.63) is 48.0 Å². The van der Waals surface area contributed by atoms with E-state index in [0.29, 0.717) is 6.42 Å². The highest BCUT2D eigenvalue weighted by Crippen LogP contribution is 2.20. The lowest BCUT2D eigenvalue weighted by molar-refractivity contribution is 0.0144. The molecule has 3 nitrogen and oxygen atoms in total. The molecule has 0 amide bonds. The first-order valence-corrected chi connectivity index (χ1v) is 6.99. The molecular formula is C16H20F2N2O. The van der Waals surface area contributed by atoms with Crippen LogP contribution in [0.4, 0.5) is 8.78 Å². The number of ether oxygens (including phenoxy) is 1. The Kier molecular flexibility index (Phi) is 6.04. The minimum Gasteiger partial charge on any atom is -0.375 e. The fraction of sp³-hybridized carbons (Fsp3) is 0.375. The van der Waals surface area contributed by atoms with Crippen LogP contribution >= 0.6 is 0 Å². The highest BCUT2D eigenvalue weighted by molar-refractivity contribution is 5.85. The van der Waals surface area contributed by atoms with E-state index < -0.39 is 13.0 Å². The molecule has 0 spiro atoms. The van der Waals surface area contributed by atoms with Gasteiger partial charge in [0.25, 0.3) is 6.43 Å². The second-order valence-electron chi connectivity index (χ2n) is 4.96. The van der Waals surface area contributed by atoms with Crippen LogP contribution in [0.25, 0.3) is 10.8 Å². The third kappa shape index (κ3) is 4.74. The van der Waals surface area contributed by atoms with Crippen LogP contribution < -0.4 is 11.3 Å². The normalized spacial score (nSPS) is 13.0. The first-order chi connectivity index (χ1) is 10.2. The molecule has 0 saturated carbocycles. The molecule has 2 aromatic rings. The fourth-order valence-electron chi connectivity index (χ4n) is 2.38. The number of alkyl halides is 2. The summed E-state index contributed by atoms with van der Waals surface area (Å²) in [6, 6.07) is 14.3. The van der Waals surface area contributed by atoms with E-state index in [-0.39, 0.29) is 12.6 Å². The number of nitrogens with two attached hydrogens (primary N) is 1. The molecule has 0 aliphatic rings. The van der Waals surface area contributed by atoms with Crippen LogP contribution in [-0.4, -0.2) is 25.7 Å². The molecule has 0 aliphatic heterocycles. The lowest BCUT2D eigenvalue weighted by Crippen LogP contribution is -2.37. The third-order valence-electron chi connectivity index (χ3n) is 3.44. The molecule has 0 aliphatic carbocycles. The van der Waals surface area contributed by atoms with Crippen LogP contribution in [0.2, 0.25) is 0 Å². The highest BCUT2D eigenvalue weighted by atomic mass is 19.3. The van der Waals surface area contributed by atoms with Gasteiger partial charge in [0.15, 0.2) is 0 Å². The molecule has 114 valence electrons. The largest absolute Gasteiger partial charge is 0.375 e. The second-order valence-corrected chi connectivity index (χ2v) is 4.96. The molecule has 0 heterocycles. The monoisotopic (exact) mass is 294 g/mol. The number of hydrogen-bond acceptors (Lipinski definition) is 3. The number of halogens is 2. The first-order valence-electron chi connectivity index (χ1n) is 6.99. The number of nitrogens with one attached hydrogen (secondary N) is 1. The molecule has 0 fully saturated rings. The summed E-state index contributed by atoms with van der Waals surface area (Å²) in [5.41, 5.74) is 3.92. The molecule has 0 bridgehead atoms. The van der Waals surface area contributed by atoms with Gasteiger partial charge in [-0.25, -0.2) is 8.78 Å². The molecular weight excluding hydrogens is 274 g/mol. The Hall–Kier alpha value is -1.56. The summed E-state index contributed by atoms with van der Waals surface area (Å²) in [4.78, 5) is 0. The Balaban J connectivity index is 1.97. The van der Waals surface area contributed by atoms with Crippen molar-refractivity contribution in [1.82, 2.24) is 5.43 Å². The van der Waals surface area contributed by atoms with Gasteiger partial charge in [0, 0.05) is 12.6 Å². The maximum Gasteiger partial charge on any atom is 0.261 e. The molecule has 21 heavy (non-hydrogen) atoms. The van der Waals surface area contributed by atoms with E-state index in [9.17, 15) is 8.78 Å². The SMILES string of the molecule is NNC(CCOCC(F)F)Cc1cccc2ccccc12. The van der Waals surface area contributed by atoms with Crippen molar-refractivity contribution in [1.29, 1.82) is 0 Å². The zero-order valence-corrected chi connectivity index (χ0v) is 11.8. The van der Waals surface area contributed by atoms with Gasteiger partial charge in [0.2, 0.25) is 0 Å². The van der Waals surface area contributed by atoms with Gasteiger partial charge in [-0.2, -0.15) is 0 Å². The summed E-state index contributed by atoms with van der Waals surface area (Å²) in [7, 11) is 0. The van der Waals surface area contributed by atoms with E-state index in [1.54, 1.807) is 0 Å². The van der Waals surface area contributed by atoms with Crippen LogP contribution in [0.5, 0.6) is 0 Å². The Morgan fingerprint density at radius 2 is 1.86 bits per heavy atom. The number of fused-ring (bicyclic) bond motifs is 1. The summed E-state index contributed by atoms with van der Waals surface area (Å²) in [6.07, 6.45) is -1.10. The maximum absolute atomic E-state index is 12.0. The summed E-state index contributed by atoms with van der Waals surface area (Å²) < 4.78 is 28.9. The van der Waals surface area contributed by atoms with Crippen molar-refractivity contribution in [2.24, 2.45) is 5.84 Å². The predicted molar refractivity (Wildman–Crippen MR) is 80.2 cm³/mol. The van der Waals surface area contributed by atoms with Crippen LogP contribution in [0, 0.1) is 0 Å². The summed E-state index contributed by atoms with van der Waals surface area (Å²) >= 11 is 0. The van der Waals surface area contributed by atoms with Crippen LogP contribution in [-0.2, 0) is 11.2 Å². The lowest BCUT2D eigenvalue weighted by atomic mass is 9.98. The molecule has 1 atom stereocenters. The van der Waals surface area contributed by atoms with Gasteiger partial charge in [-0.3, -0.25) is 11.3 Å². The average Bonchev–Trinajstić information content (AvgIpc) is 2.50. The van der Waals surface area contributed by atoms with Crippen LogP contribution in [0.3, 0.4) is 0 Å². The van der Waals surface area contributed by atoms with Crippen molar-refractivity contribution < 1.29 is 13.5 Å². The third-order valence-corrected chi connectivity index (χ3v) is 3.44. The van der Waals surface area contributed by atoms with Crippen LogP contribution in [0.1, 0.15) is 12.0 Å². The Labute approximate surface area is 123 Å². The van der Waals surface area contributed by atoms with Gasteiger partial charge in [0.05, 0.1) is 0 Å². The van der Waals surface area contributed by atoms with Crippen molar-refractivity contribution in [3.8, 4) is 0 Å². The average molecular weight is 294 g/mol. The second kappa shape index (κ2) is 8.02. The number of hydrazine groups is 1. The molecule has 3 N–H and O–H groups in total. The number of rotatable bonds is 8. The van der Waals surface area contributed by atoms with E-state index in [2.05, 4.69) is 29.7 Å². The van der Waals surface area contributed by atoms with Gasteiger partial charge in [0.1, 0.15) is 6.61 Å². The van der Waals surface area contributed by atoms with Gasteiger partial charge in [-0.05, 0) is 29.2 Å². The quantitative estimate of drug-likeness (QED) is 0.447. The summed E-state index contributed by atoms with van der Waals surface area (Å²) in [5, 5.41) is 2.37. The van der Waals surface area contributed by atoms with E-state index in [4.69, 9.17) is 10.6 Å². The fourth-order valence-corrected chi connectivity index (χ4v) is 2.38. The molecule has 1 unspecified atom stereocenters. The smallest absolute Gasteiger partial charge is 0.261 e.